The molecule has 1 unspecified atom stereocenters. The number of nitrogens with one attached hydrogen (secondary N) is 2. The van der Waals surface area contributed by atoms with Crippen LogP contribution in [0.5, 0.6) is 5.75 Å². The number of rotatable bonds is 5. The van der Waals surface area contributed by atoms with Gasteiger partial charge in [0.1, 0.15) is 11.4 Å². The van der Waals surface area contributed by atoms with Gasteiger partial charge >= 0.3 is 0 Å². The third-order valence-electron chi connectivity index (χ3n) is 5.03. The van der Waals surface area contributed by atoms with Crippen LogP contribution >= 0.6 is 0 Å². The molecule has 2 aromatic carbocycles. The Kier molecular flexibility index (Phi) is 4.52. The van der Waals surface area contributed by atoms with Crippen LogP contribution in [0.3, 0.4) is 0 Å². The molecule has 2 N–H and O–H groups in total. The molecule has 134 valence electrons. The molecule has 0 saturated carbocycles. The Bertz CT molecular complexity index is 904. The van der Waals surface area contributed by atoms with Crippen molar-refractivity contribution in [1.29, 1.82) is 0 Å². The molecule has 0 bridgehead atoms. The van der Waals surface area contributed by atoms with Crippen LogP contribution in [0.25, 0.3) is 10.9 Å². The van der Waals surface area contributed by atoms with Gasteiger partial charge < -0.3 is 19.9 Å². The van der Waals surface area contributed by atoms with Crippen LogP contribution in [0.4, 0.5) is 5.69 Å². The van der Waals surface area contributed by atoms with Gasteiger partial charge in [-0.25, -0.2) is 0 Å². The zero-order valence-electron chi connectivity index (χ0n) is 14.9. The number of methoxy groups -OCH3 is 1. The smallest absolute Gasteiger partial charge is 0.267 e. The summed E-state index contributed by atoms with van der Waals surface area (Å²) in [6, 6.07) is 18.1. The Morgan fingerprint density at radius 3 is 2.88 bits per heavy atom. The highest BCUT2D eigenvalue weighted by Crippen LogP contribution is 2.24. The molecule has 0 spiro atoms. The number of H-pyrrole nitrogens is 1. The van der Waals surface area contributed by atoms with E-state index in [9.17, 15) is 4.79 Å². The van der Waals surface area contributed by atoms with Gasteiger partial charge in [0.15, 0.2) is 0 Å². The number of aromatic nitrogens is 1. The van der Waals surface area contributed by atoms with Gasteiger partial charge in [0, 0.05) is 42.3 Å². The standard InChI is InChI=1S/C21H23N3O2/c1-26-18-8-7-16-11-20(23-19(16)12-18)21(25)22-13-15-9-10-24(14-15)17-5-3-2-4-6-17/h2-8,11-12,15,23H,9-10,13-14H2,1H3,(H,22,25). The van der Waals surface area contributed by atoms with E-state index in [1.165, 1.54) is 5.69 Å². The van der Waals surface area contributed by atoms with Crippen molar-refractivity contribution >= 4 is 22.5 Å². The number of aromatic amines is 1. The first-order valence-corrected chi connectivity index (χ1v) is 8.98. The molecule has 2 heterocycles. The van der Waals surface area contributed by atoms with Gasteiger partial charge in [-0.1, -0.05) is 18.2 Å². The molecule has 5 nitrogen and oxygen atoms in total. The van der Waals surface area contributed by atoms with Crippen molar-refractivity contribution in [2.75, 3.05) is 31.6 Å². The number of hydrogen-bond donors (Lipinski definition) is 2. The van der Waals surface area contributed by atoms with E-state index in [0.717, 1.165) is 36.2 Å². The van der Waals surface area contributed by atoms with E-state index in [1.807, 2.05) is 30.3 Å². The highest BCUT2D eigenvalue weighted by molar-refractivity contribution is 5.98. The first-order chi connectivity index (χ1) is 12.7. The van der Waals surface area contributed by atoms with Crippen LogP contribution in [-0.4, -0.2) is 37.6 Å². The van der Waals surface area contributed by atoms with Gasteiger partial charge in [-0.15, -0.1) is 0 Å². The summed E-state index contributed by atoms with van der Waals surface area (Å²) in [4.78, 5) is 18.0. The van der Waals surface area contributed by atoms with Gasteiger partial charge in [0.2, 0.25) is 0 Å². The molecule has 0 radical (unpaired) electrons. The lowest BCUT2D eigenvalue weighted by molar-refractivity contribution is 0.0944. The van der Waals surface area contributed by atoms with Crippen molar-refractivity contribution in [2.45, 2.75) is 6.42 Å². The first-order valence-electron chi connectivity index (χ1n) is 8.98. The number of hydrogen-bond acceptors (Lipinski definition) is 3. The predicted octanol–water partition coefficient (Wildman–Crippen LogP) is 3.43. The van der Waals surface area contributed by atoms with Gasteiger partial charge in [-0.2, -0.15) is 0 Å². The SMILES string of the molecule is COc1ccc2cc(C(=O)NCC3CCN(c4ccccc4)C3)[nH]c2c1. The molecule has 1 aliphatic heterocycles. The number of anilines is 1. The Balaban J connectivity index is 1.35. The number of fused-ring (bicyclic) bond motifs is 1. The molecular weight excluding hydrogens is 326 g/mol. The second kappa shape index (κ2) is 7.12. The zero-order valence-corrected chi connectivity index (χ0v) is 14.9. The molecule has 1 saturated heterocycles. The maximum atomic E-state index is 12.5. The Hall–Kier alpha value is -2.95. The normalized spacial score (nSPS) is 16.8. The molecule has 5 heteroatoms. The third kappa shape index (κ3) is 3.38. The number of ether oxygens (including phenoxy) is 1. The molecular formula is C21H23N3O2. The number of para-hydroxylation sites is 1. The summed E-state index contributed by atoms with van der Waals surface area (Å²) >= 11 is 0. The maximum absolute atomic E-state index is 12.5. The van der Waals surface area contributed by atoms with Crippen molar-refractivity contribution in [1.82, 2.24) is 10.3 Å². The highest BCUT2D eigenvalue weighted by Gasteiger charge is 2.23. The van der Waals surface area contributed by atoms with Crippen molar-refractivity contribution in [3.63, 3.8) is 0 Å². The fraction of sp³-hybridized carbons (Fsp3) is 0.286. The number of amides is 1. The van der Waals surface area contributed by atoms with E-state index in [-0.39, 0.29) is 5.91 Å². The lowest BCUT2D eigenvalue weighted by Crippen LogP contribution is -2.31. The molecule has 1 aliphatic rings. The Labute approximate surface area is 153 Å². The first kappa shape index (κ1) is 16.5. The summed E-state index contributed by atoms with van der Waals surface area (Å²) in [5.41, 5.74) is 2.75. The third-order valence-corrected chi connectivity index (χ3v) is 5.03. The van der Waals surface area contributed by atoms with Crippen LogP contribution in [0.1, 0.15) is 16.9 Å². The van der Waals surface area contributed by atoms with Gasteiger partial charge in [-0.05, 0) is 42.7 Å². The lowest BCUT2D eigenvalue weighted by Gasteiger charge is -2.18. The van der Waals surface area contributed by atoms with Crippen LogP contribution in [0.2, 0.25) is 0 Å². The molecule has 1 atom stereocenters. The number of benzene rings is 2. The number of carbonyl (C=O) groups is 1. The minimum atomic E-state index is -0.0571. The minimum absolute atomic E-state index is 0.0571. The number of nitrogens with zero attached hydrogens (tertiary/aromatic N) is 1. The molecule has 4 rings (SSSR count). The monoisotopic (exact) mass is 349 g/mol. The lowest BCUT2D eigenvalue weighted by atomic mass is 10.1. The van der Waals surface area contributed by atoms with Crippen molar-refractivity contribution < 1.29 is 9.53 Å². The molecule has 1 aromatic heterocycles. The fourth-order valence-corrected chi connectivity index (χ4v) is 3.56. The van der Waals surface area contributed by atoms with Crippen molar-refractivity contribution in [2.24, 2.45) is 5.92 Å². The summed E-state index contributed by atoms with van der Waals surface area (Å²) in [6.07, 6.45) is 1.10. The van der Waals surface area contributed by atoms with Gasteiger partial charge in [-0.3, -0.25) is 4.79 Å². The Morgan fingerprint density at radius 1 is 1.23 bits per heavy atom. The van der Waals surface area contributed by atoms with E-state index >= 15 is 0 Å². The van der Waals surface area contributed by atoms with E-state index in [4.69, 9.17) is 4.74 Å². The number of carbonyl (C=O) groups excluding carboxylic acids is 1. The van der Waals surface area contributed by atoms with E-state index in [2.05, 4.69) is 39.5 Å². The molecule has 0 aliphatic carbocycles. The van der Waals surface area contributed by atoms with Crippen molar-refractivity contribution in [3.8, 4) is 5.75 Å². The summed E-state index contributed by atoms with van der Waals surface area (Å²) in [5, 5.41) is 4.08. The van der Waals surface area contributed by atoms with Crippen LogP contribution in [0, 0.1) is 5.92 Å². The Morgan fingerprint density at radius 2 is 2.08 bits per heavy atom. The quantitative estimate of drug-likeness (QED) is 0.742. The summed E-state index contributed by atoms with van der Waals surface area (Å²) in [6.45, 7) is 2.71. The largest absolute Gasteiger partial charge is 0.497 e. The second-order valence-electron chi connectivity index (χ2n) is 6.78. The fourth-order valence-electron chi connectivity index (χ4n) is 3.56. The molecule has 1 amide bonds. The van der Waals surface area contributed by atoms with Gasteiger partial charge in [0.25, 0.3) is 5.91 Å². The second-order valence-corrected chi connectivity index (χ2v) is 6.78. The molecule has 1 fully saturated rings. The summed E-state index contributed by atoms with van der Waals surface area (Å²) in [5.74, 6) is 1.19. The van der Waals surface area contributed by atoms with Crippen LogP contribution in [0.15, 0.2) is 54.6 Å². The zero-order chi connectivity index (χ0) is 17.9. The highest BCUT2D eigenvalue weighted by atomic mass is 16.5. The summed E-state index contributed by atoms with van der Waals surface area (Å²) < 4.78 is 5.23. The average Bonchev–Trinajstić information content (AvgIpc) is 3.33. The van der Waals surface area contributed by atoms with Gasteiger partial charge in [0.05, 0.1) is 7.11 Å². The van der Waals surface area contributed by atoms with E-state index in [0.29, 0.717) is 18.2 Å². The topological polar surface area (TPSA) is 57.4 Å². The molecule has 3 aromatic rings. The van der Waals surface area contributed by atoms with E-state index < -0.39 is 0 Å². The van der Waals surface area contributed by atoms with Crippen LogP contribution < -0.4 is 15.0 Å². The minimum Gasteiger partial charge on any atom is -0.497 e. The van der Waals surface area contributed by atoms with Crippen LogP contribution in [-0.2, 0) is 0 Å². The van der Waals surface area contributed by atoms with E-state index in [1.54, 1.807) is 7.11 Å². The maximum Gasteiger partial charge on any atom is 0.267 e. The molecule has 26 heavy (non-hydrogen) atoms. The average molecular weight is 349 g/mol. The summed E-state index contributed by atoms with van der Waals surface area (Å²) in [7, 11) is 1.64. The van der Waals surface area contributed by atoms with Crippen molar-refractivity contribution in [3.05, 3.63) is 60.3 Å². The predicted molar refractivity (Wildman–Crippen MR) is 104 cm³/mol.